The largest absolute Gasteiger partial charge is 0.497 e. The lowest BCUT2D eigenvalue weighted by Crippen LogP contribution is -2.30. The molecule has 1 saturated heterocycles. The monoisotopic (exact) mass is 424 g/mol. The van der Waals surface area contributed by atoms with Crippen molar-refractivity contribution in [2.45, 2.75) is 35.9 Å². The number of thioether (sulfide) groups is 1. The summed E-state index contributed by atoms with van der Waals surface area (Å²) in [4.78, 5) is 19.6. The number of carbonyl (C=O) groups excluding carboxylic acids is 1. The molecule has 6 heteroatoms. The van der Waals surface area contributed by atoms with Crippen molar-refractivity contribution in [3.8, 4) is 5.75 Å². The molecule has 2 aromatic carbocycles. The molecular weight excluding hydrogens is 400 g/mol. The third-order valence-electron chi connectivity index (χ3n) is 5.18. The Morgan fingerprint density at radius 3 is 2.62 bits per heavy atom. The number of nitrogens with zero attached hydrogens (tertiary/aromatic N) is 2. The summed E-state index contributed by atoms with van der Waals surface area (Å²) in [6.45, 7) is 2.81. The summed E-state index contributed by atoms with van der Waals surface area (Å²) < 4.78 is 6.34. The van der Waals surface area contributed by atoms with Crippen molar-refractivity contribution >= 4 is 29.0 Å². The van der Waals surface area contributed by atoms with Gasteiger partial charge < -0.3 is 9.64 Å². The summed E-state index contributed by atoms with van der Waals surface area (Å²) in [5.41, 5.74) is 4.19. The number of benzene rings is 2. The number of rotatable bonds is 6. The van der Waals surface area contributed by atoms with Crippen LogP contribution < -0.4 is 4.74 Å². The summed E-state index contributed by atoms with van der Waals surface area (Å²) >= 11 is 3.41. The Balaban J connectivity index is 1.42. The zero-order chi connectivity index (χ0) is 20.2. The van der Waals surface area contributed by atoms with Crippen LogP contribution in [0.4, 0.5) is 0 Å². The Morgan fingerprint density at radius 2 is 1.97 bits per heavy atom. The van der Waals surface area contributed by atoms with Gasteiger partial charge in [-0.3, -0.25) is 4.79 Å². The molecule has 0 bridgehead atoms. The number of hydrogen-bond acceptors (Lipinski definition) is 5. The van der Waals surface area contributed by atoms with Crippen LogP contribution in [0.15, 0.2) is 58.3 Å². The maximum absolute atomic E-state index is 13.1. The molecule has 1 aliphatic heterocycles. The number of likely N-dealkylation sites (tertiary alicyclic amines) is 1. The SMILES string of the molecule is COc1ccc([C@H]2CCCN2C(=O)c2ccc(CSc3nc(C)cs3)cc2)cc1. The smallest absolute Gasteiger partial charge is 0.254 e. The number of ether oxygens (including phenoxy) is 1. The molecule has 4 nitrogen and oxygen atoms in total. The highest BCUT2D eigenvalue weighted by Crippen LogP contribution is 2.34. The number of carbonyl (C=O) groups is 1. The molecule has 1 amide bonds. The van der Waals surface area contributed by atoms with Gasteiger partial charge in [-0.15, -0.1) is 11.3 Å². The van der Waals surface area contributed by atoms with Gasteiger partial charge >= 0.3 is 0 Å². The molecule has 1 fully saturated rings. The second-order valence-electron chi connectivity index (χ2n) is 7.17. The van der Waals surface area contributed by atoms with Gasteiger partial charge in [0.05, 0.1) is 13.2 Å². The lowest BCUT2D eigenvalue weighted by Gasteiger charge is -2.25. The van der Waals surface area contributed by atoms with Gasteiger partial charge in [0, 0.05) is 28.9 Å². The van der Waals surface area contributed by atoms with Crippen LogP contribution in [0, 0.1) is 6.92 Å². The second-order valence-corrected chi connectivity index (χ2v) is 9.25. The molecule has 0 saturated carbocycles. The van der Waals surface area contributed by atoms with Crippen LogP contribution in [0.3, 0.4) is 0 Å². The van der Waals surface area contributed by atoms with Crippen LogP contribution in [-0.2, 0) is 5.75 Å². The first-order chi connectivity index (χ1) is 14.1. The fourth-order valence-corrected chi connectivity index (χ4v) is 5.44. The van der Waals surface area contributed by atoms with Crippen molar-refractivity contribution in [3.63, 3.8) is 0 Å². The summed E-state index contributed by atoms with van der Waals surface area (Å²) in [5, 5.41) is 2.07. The summed E-state index contributed by atoms with van der Waals surface area (Å²) in [6, 6.07) is 16.2. The lowest BCUT2D eigenvalue weighted by molar-refractivity contribution is 0.0735. The van der Waals surface area contributed by atoms with Crippen molar-refractivity contribution in [2.75, 3.05) is 13.7 Å². The number of methoxy groups -OCH3 is 1. The molecule has 3 aromatic rings. The van der Waals surface area contributed by atoms with Crippen LogP contribution in [-0.4, -0.2) is 29.4 Å². The Morgan fingerprint density at radius 1 is 1.21 bits per heavy atom. The standard InChI is InChI=1S/C23H24N2O2S2/c1-16-14-28-23(24-16)29-15-17-5-7-19(8-6-17)22(26)25-13-3-4-21(25)18-9-11-20(27-2)12-10-18/h5-12,14,21H,3-4,13,15H2,1-2H3/t21-/m1/s1. The minimum absolute atomic E-state index is 0.109. The maximum atomic E-state index is 13.1. The summed E-state index contributed by atoms with van der Waals surface area (Å²) in [7, 11) is 1.67. The van der Waals surface area contributed by atoms with E-state index in [1.807, 2.05) is 36.1 Å². The fraction of sp³-hybridized carbons (Fsp3) is 0.304. The van der Waals surface area contributed by atoms with Crippen molar-refractivity contribution in [2.24, 2.45) is 0 Å². The van der Waals surface area contributed by atoms with Crippen molar-refractivity contribution in [1.29, 1.82) is 0 Å². The topological polar surface area (TPSA) is 42.4 Å². The van der Waals surface area contributed by atoms with E-state index in [4.69, 9.17) is 4.74 Å². The normalized spacial score (nSPS) is 16.2. The molecule has 2 heterocycles. The van der Waals surface area contributed by atoms with E-state index in [0.717, 1.165) is 46.5 Å². The van der Waals surface area contributed by atoms with E-state index >= 15 is 0 Å². The molecule has 0 aliphatic carbocycles. The Hall–Kier alpha value is -2.31. The molecular formula is C23H24N2O2S2. The van der Waals surface area contributed by atoms with Crippen LogP contribution in [0.1, 0.15) is 46.1 Å². The zero-order valence-electron chi connectivity index (χ0n) is 16.6. The number of aryl methyl sites for hydroxylation is 1. The average Bonchev–Trinajstić information content (AvgIpc) is 3.41. The highest BCUT2D eigenvalue weighted by atomic mass is 32.2. The van der Waals surface area contributed by atoms with E-state index in [2.05, 4.69) is 34.6 Å². The van der Waals surface area contributed by atoms with Gasteiger partial charge in [-0.05, 0) is 55.2 Å². The van der Waals surface area contributed by atoms with E-state index in [0.29, 0.717) is 0 Å². The van der Waals surface area contributed by atoms with Crippen LogP contribution in [0.5, 0.6) is 5.75 Å². The molecule has 0 N–H and O–H groups in total. The second kappa shape index (κ2) is 9.01. The summed E-state index contributed by atoms with van der Waals surface area (Å²) in [6.07, 6.45) is 2.03. The third kappa shape index (κ3) is 4.65. The number of aromatic nitrogens is 1. The first-order valence-corrected chi connectivity index (χ1v) is 11.6. The van der Waals surface area contributed by atoms with Gasteiger partial charge in [-0.25, -0.2) is 4.98 Å². The third-order valence-corrected chi connectivity index (χ3v) is 7.39. The van der Waals surface area contributed by atoms with Gasteiger partial charge in [0.25, 0.3) is 5.91 Å². The van der Waals surface area contributed by atoms with E-state index in [1.165, 1.54) is 11.1 Å². The molecule has 1 aliphatic rings. The first-order valence-electron chi connectivity index (χ1n) is 9.73. The van der Waals surface area contributed by atoms with Crippen LogP contribution >= 0.6 is 23.1 Å². The van der Waals surface area contributed by atoms with E-state index in [1.54, 1.807) is 30.2 Å². The minimum atomic E-state index is 0.109. The Kier molecular flexibility index (Phi) is 6.21. The molecule has 4 rings (SSSR count). The number of hydrogen-bond donors (Lipinski definition) is 0. The van der Waals surface area contributed by atoms with E-state index in [9.17, 15) is 4.79 Å². The molecule has 0 radical (unpaired) electrons. The highest BCUT2D eigenvalue weighted by molar-refractivity contribution is 8.00. The average molecular weight is 425 g/mol. The zero-order valence-corrected chi connectivity index (χ0v) is 18.3. The lowest BCUT2D eigenvalue weighted by atomic mass is 10.0. The maximum Gasteiger partial charge on any atom is 0.254 e. The molecule has 1 aromatic heterocycles. The molecule has 0 unspecified atom stereocenters. The minimum Gasteiger partial charge on any atom is -0.497 e. The van der Waals surface area contributed by atoms with Gasteiger partial charge in [-0.1, -0.05) is 36.0 Å². The Bertz CT molecular complexity index is 967. The van der Waals surface area contributed by atoms with Gasteiger partial charge in [0.2, 0.25) is 0 Å². The molecule has 29 heavy (non-hydrogen) atoms. The van der Waals surface area contributed by atoms with Crippen LogP contribution in [0.2, 0.25) is 0 Å². The van der Waals surface area contributed by atoms with Gasteiger partial charge in [-0.2, -0.15) is 0 Å². The predicted octanol–water partition coefficient (Wildman–Crippen LogP) is 5.73. The van der Waals surface area contributed by atoms with Crippen LogP contribution in [0.25, 0.3) is 0 Å². The molecule has 0 spiro atoms. The van der Waals surface area contributed by atoms with E-state index in [-0.39, 0.29) is 11.9 Å². The van der Waals surface area contributed by atoms with Crippen molar-refractivity contribution < 1.29 is 9.53 Å². The quantitative estimate of drug-likeness (QED) is 0.474. The Labute approximate surface area is 179 Å². The molecule has 150 valence electrons. The summed E-state index contributed by atoms with van der Waals surface area (Å²) in [5.74, 6) is 1.81. The molecule has 1 atom stereocenters. The number of amides is 1. The van der Waals surface area contributed by atoms with Crippen molar-refractivity contribution in [3.05, 3.63) is 76.3 Å². The highest BCUT2D eigenvalue weighted by Gasteiger charge is 2.30. The number of thiazole rings is 1. The van der Waals surface area contributed by atoms with E-state index < -0.39 is 0 Å². The first kappa shape index (κ1) is 20.0. The van der Waals surface area contributed by atoms with Gasteiger partial charge in [0.1, 0.15) is 10.1 Å². The predicted molar refractivity (Wildman–Crippen MR) is 119 cm³/mol. The van der Waals surface area contributed by atoms with Crippen molar-refractivity contribution in [1.82, 2.24) is 9.88 Å². The van der Waals surface area contributed by atoms with Gasteiger partial charge in [0.15, 0.2) is 0 Å². The fourth-order valence-electron chi connectivity index (χ4n) is 3.64.